The SMILES string of the molecule is CCc1cc(NCCc2nncn2CC)n2nc(C)c(C)c2n1. The lowest BCUT2D eigenvalue weighted by atomic mass is 10.2. The van der Waals surface area contributed by atoms with E-state index >= 15 is 0 Å². The van der Waals surface area contributed by atoms with E-state index in [2.05, 4.69) is 52.0 Å². The molecule has 0 aliphatic rings. The van der Waals surface area contributed by atoms with Gasteiger partial charge in [0.15, 0.2) is 5.65 Å². The van der Waals surface area contributed by atoms with E-state index in [9.17, 15) is 0 Å². The van der Waals surface area contributed by atoms with Crippen molar-refractivity contribution in [3.05, 3.63) is 35.2 Å². The molecule has 0 bridgehead atoms. The lowest BCUT2D eigenvalue weighted by Crippen LogP contribution is -2.13. The van der Waals surface area contributed by atoms with Crippen LogP contribution >= 0.6 is 0 Å². The van der Waals surface area contributed by atoms with Crippen LogP contribution in [-0.4, -0.2) is 35.9 Å². The van der Waals surface area contributed by atoms with Crippen molar-refractivity contribution in [3.63, 3.8) is 0 Å². The van der Waals surface area contributed by atoms with Crippen LogP contribution in [0.5, 0.6) is 0 Å². The number of aromatic nitrogens is 6. The number of rotatable bonds is 6. The zero-order valence-corrected chi connectivity index (χ0v) is 14.2. The van der Waals surface area contributed by atoms with Crippen LogP contribution in [0.25, 0.3) is 5.65 Å². The summed E-state index contributed by atoms with van der Waals surface area (Å²) >= 11 is 0. The number of hydrogen-bond donors (Lipinski definition) is 1. The van der Waals surface area contributed by atoms with Crippen LogP contribution < -0.4 is 5.32 Å². The molecule has 0 saturated carbocycles. The van der Waals surface area contributed by atoms with Gasteiger partial charge in [0, 0.05) is 36.8 Å². The largest absolute Gasteiger partial charge is 0.369 e. The zero-order chi connectivity index (χ0) is 16.4. The summed E-state index contributed by atoms with van der Waals surface area (Å²) in [5, 5.41) is 16.2. The van der Waals surface area contributed by atoms with E-state index in [-0.39, 0.29) is 0 Å². The maximum absolute atomic E-state index is 4.69. The fourth-order valence-electron chi connectivity index (χ4n) is 2.63. The van der Waals surface area contributed by atoms with Gasteiger partial charge in [-0.2, -0.15) is 9.61 Å². The third-order valence-corrected chi connectivity index (χ3v) is 4.16. The van der Waals surface area contributed by atoms with E-state index in [0.717, 1.165) is 60.2 Å². The number of aryl methyl sites for hydroxylation is 4. The molecule has 7 heteroatoms. The standard InChI is InChI=1S/C16H23N7/c1-5-13-9-15(23-16(19-13)11(3)12(4)21-23)17-8-7-14-20-18-10-22(14)6-2/h9-10,17H,5-8H2,1-4H3. The minimum absolute atomic E-state index is 0.777. The van der Waals surface area contributed by atoms with Crippen molar-refractivity contribution >= 4 is 11.5 Å². The molecule has 0 fully saturated rings. The predicted octanol–water partition coefficient (Wildman–Crippen LogP) is 2.17. The van der Waals surface area contributed by atoms with Crippen molar-refractivity contribution in [1.82, 2.24) is 29.4 Å². The molecule has 0 radical (unpaired) electrons. The normalized spacial score (nSPS) is 11.3. The van der Waals surface area contributed by atoms with Crippen molar-refractivity contribution in [1.29, 1.82) is 0 Å². The Hall–Kier alpha value is -2.44. The quantitative estimate of drug-likeness (QED) is 0.755. The van der Waals surface area contributed by atoms with Gasteiger partial charge in [0.25, 0.3) is 0 Å². The van der Waals surface area contributed by atoms with Gasteiger partial charge in [0.2, 0.25) is 0 Å². The molecule has 0 spiro atoms. The van der Waals surface area contributed by atoms with Crippen LogP contribution in [0.15, 0.2) is 12.4 Å². The van der Waals surface area contributed by atoms with Crippen LogP contribution in [0.1, 0.15) is 36.6 Å². The van der Waals surface area contributed by atoms with Crippen LogP contribution in [-0.2, 0) is 19.4 Å². The van der Waals surface area contributed by atoms with Crippen LogP contribution in [0, 0.1) is 13.8 Å². The Balaban J connectivity index is 1.83. The Morgan fingerprint density at radius 2 is 2.04 bits per heavy atom. The van der Waals surface area contributed by atoms with Gasteiger partial charge in [0.1, 0.15) is 18.0 Å². The Bertz CT molecular complexity index is 815. The molecule has 0 saturated heterocycles. The van der Waals surface area contributed by atoms with Crippen LogP contribution in [0.4, 0.5) is 5.82 Å². The zero-order valence-electron chi connectivity index (χ0n) is 14.2. The van der Waals surface area contributed by atoms with Gasteiger partial charge < -0.3 is 9.88 Å². The molecular formula is C16H23N7. The molecular weight excluding hydrogens is 290 g/mol. The molecule has 1 N–H and O–H groups in total. The van der Waals surface area contributed by atoms with Crippen LogP contribution in [0.3, 0.4) is 0 Å². The molecule has 0 aliphatic carbocycles. The highest BCUT2D eigenvalue weighted by atomic mass is 15.3. The molecule has 0 atom stereocenters. The number of fused-ring (bicyclic) bond motifs is 1. The van der Waals surface area contributed by atoms with Gasteiger partial charge in [0.05, 0.1) is 5.69 Å². The summed E-state index contributed by atoms with van der Waals surface area (Å²) < 4.78 is 3.96. The molecule has 122 valence electrons. The minimum Gasteiger partial charge on any atom is -0.369 e. The van der Waals surface area contributed by atoms with E-state index in [1.165, 1.54) is 0 Å². The highest BCUT2D eigenvalue weighted by Gasteiger charge is 2.12. The molecule has 0 aliphatic heterocycles. The van der Waals surface area contributed by atoms with Crippen molar-refractivity contribution in [2.24, 2.45) is 0 Å². The van der Waals surface area contributed by atoms with E-state index in [1.807, 2.05) is 11.4 Å². The molecule has 0 unspecified atom stereocenters. The lowest BCUT2D eigenvalue weighted by molar-refractivity contribution is 0.697. The van der Waals surface area contributed by atoms with Gasteiger partial charge in [-0.25, -0.2) is 4.98 Å². The first-order chi connectivity index (χ1) is 11.1. The molecule has 3 heterocycles. The predicted molar refractivity (Wildman–Crippen MR) is 89.7 cm³/mol. The van der Waals surface area contributed by atoms with Crippen molar-refractivity contribution in [3.8, 4) is 0 Å². The molecule has 0 amide bonds. The van der Waals surface area contributed by atoms with Crippen molar-refractivity contribution in [2.75, 3.05) is 11.9 Å². The third-order valence-electron chi connectivity index (χ3n) is 4.16. The Morgan fingerprint density at radius 1 is 1.22 bits per heavy atom. The minimum atomic E-state index is 0.777. The van der Waals surface area contributed by atoms with E-state index in [1.54, 1.807) is 6.33 Å². The van der Waals surface area contributed by atoms with Crippen molar-refractivity contribution in [2.45, 2.75) is 47.1 Å². The fraction of sp³-hybridized carbons (Fsp3) is 0.500. The number of nitrogens with zero attached hydrogens (tertiary/aromatic N) is 6. The van der Waals surface area contributed by atoms with Gasteiger partial charge in [-0.05, 0) is 27.2 Å². The third kappa shape index (κ3) is 2.91. The average Bonchev–Trinajstić information content (AvgIpc) is 3.13. The first-order valence-corrected chi connectivity index (χ1v) is 8.10. The van der Waals surface area contributed by atoms with Crippen molar-refractivity contribution < 1.29 is 0 Å². The van der Waals surface area contributed by atoms with E-state index < -0.39 is 0 Å². The van der Waals surface area contributed by atoms with Crippen LogP contribution in [0.2, 0.25) is 0 Å². The van der Waals surface area contributed by atoms with Gasteiger partial charge >= 0.3 is 0 Å². The summed E-state index contributed by atoms with van der Waals surface area (Å²) in [6.45, 7) is 9.96. The average molecular weight is 313 g/mol. The van der Waals surface area contributed by atoms with Gasteiger partial charge in [-0.15, -0.1) is 10.2 Å². The maximum atomic E-state index is 4.69. The molecule has 3 rings (SSSR count). The van der Waals surface area contributed by atoms with Gasteiger partial charge in [-0.1, -0.05) is 6.92 Å². The first-order valence-electron chi connectivity index (χ1n) is 8.10. The van der Waals surface area contributed by atoms with Gasteiger partial charge in [-0.3, -0.25) is 0 Å². The second-order valence-electron chi connectivity index (χ2n) is 5.64. The maximum Gasteiger partial charge on any atom is 0.160 e. The molecule has 0 aromatic carbocycles. The smallest absolute Gasteiger partial charge is 0.160 e. The molecule has 3 aromatic rings. The Morgan fingerprint density at radius 3 is 2.78 bits per heavy atom. The second-order valence-corrected chi connectivity index (χ2v) is 5.64. The second kappa shape index (κ2) is 6.36. The summed E-state index contributed by atoms with van der Waals surface area (Å²) in [4.78, 5) is 4.69. The Labute approximate surface area is 135 Å². The highest BCUT2D eigenvalue weighted by molar-refractivity contribution is 5.56. The Kier molecular flexibility index (Phi) is 4.27. The summed E-state index contributed by atoms with van der Waals surface area (Å²) in [5.74, 6) is 1.97. The monoisotopic (exact) mass is 313 g/mol. The summed E-state index contributed by atoms with van der Waals surface area (Å²) in [5.41, 5.74) is 4.15. The lowest BCUT2D eigenvalue weighted by Gasteiger charge is -2.10. The molecule has 23 heavy (non-hydrogen) atoms. The molecule has 3 aromatic heterocycles. The van der Waals surface area contributed by atoms with E-state index in [4.69, 9.17) is 4.98 Å². The topological polar surface area (TPSA) is 72.9 Å². The summed E-state index contributed by atoms with van der Waals surface area (Å²) in [6, 6.07) is 2.07. The summed E-state index contributed by atoms with van der Waals surface area (Å²) in [7, 11) is 0. The first kappa shape index (κ1) is 15.5. The highest BCUT2D eigenvalue weighted by Crippen LogP contribution is 2.18. The van der Waals surface area contributed by atoms with E-state index in [0.29, 0.717) is 0 Å². The number of nitrogens with one attached hydrogen (secondary N) is 1. The summed E-state index contributed by atoms with van der Waals surface area (Å²) in [6.07, 6.45) is 3.49. The number of anilines is 1. The fourth-order valence-corrected chi connectivity index (χ4v) is 2.63. The molecule has 7 nitrogen and oxygen atoms in total. The number of hydrogen-bond acceptors (Lipinski definition) is 5.